The van der Waals surface area contributed by atoms with Gasteiger partial charge in [0.05, 0.1) is 6.04 Å². The first-order valence-electron chi connectivity index (χ1n) is 9.19. The molecule has 1 heterocycles. The lowest BCUT2D eigenvalue weighted by molar-refractivity contribution is 0.249. The van der Waals surface area contributed by atoms with Crippen molar-refractivity contribution in [1.82, 2.24) is 5.32 Å². The molecule has 26 heavy (non-hydrogen) atoms. The van der Waals surface area contributed by atoms with E-state index < -0.39 is 0 Å². The van der Waals surface area contributed by atoms with Crippen molar-refractivity contribution < 1.29 is 4.79 Å². The molecule has 2 atom stereocenters. The number of hydrogen-bond donors (Lipinski definition) is 2. The molecule has 5 heteroatoms. The van der Waals surface area contributed by atoms with Crippen LogP contribution in [-0.4, -0.2) is 19.1 Å². The Morgan fingerprint density at radius 2 is 1.85 bits per heavy atom. The van der Waals surface area contributed by atoms with Gasteiger partial charge in [-0.3, -0.25) is 0 Å². The van der Waals surface area contributed by atoms with E-state index in [4.69, 9.17) is 11.6 Å². The second-order valence-corrected chi connectivity index (χ2v) is 7.55. The monoisotopic (exact) mass is 371 g/mol. The Labute approximate surface area is 160 Å². The maximum absolute atomic E-state index is 12.2. The van der Waals surface area contributed by atoms with E-state index in [0.717, 1.165) is 24.6 Å². The molecule has 2 amide bonds. The van der Waals surface area contributed by atoms with Crippen LogP contribution in [0.15, 0.2) is 48.5 Å². The van der Waals surface area contributed by atoms with Crippen LogP contribution in [0, 0.1) is 5.92 Å². The van der Waals surface area contributed by atoms with Crippen LogP contribution in [0.2, 0.25) is 5.02 Å². The zero-order valence-corrected chi connectivity index (χ0v) is 16.1. The first-order valence-corrected chi connectivity index (χ1v) is 9.57. The molecule has 0 spiro atoms. The number of rotatable bonds is 4. The maximum atomic E-state index is 12.2. The molecule has 3 rings (SSSR count). The minimum Gasteiger partial charge on any atom is -0.371 e. The van der Waals surface area contributed by atoms with Gasteiger partial charge in [0.1, 0.15) is 0 Å². The third-order valence-corrected chi connectivity index (χ3v) is 5.12. The zero-order chi connectivity index (χ0) is 18.5. The molecule has 1 aliphatic rings. The Kier molecular flexibility index (Phi) is 6.04. The first-order chi connectivity index (χ1) is 12.5. The van der Waals surface area contributed by atoms with Crippen molar-refractivity contribution in [2.24, 2.45) is 5.92 Å². The van der Waals surface area contributed by atoms with Gasteiger partial charge in [0, 0.05) is 29.5 Å². The number of nitrogens with one attached hydrogen (secondary N) is 2. The van der Waals surface area contributed by atoms with Crippen molar-refractivity contribution in [3.8, 4) is 0 Å². The van der Waals surface area contributed by atoms with Gasteiger partial charge in [-0.05, 0) is 67.6 Å². The molecule has 0 unspecified atom stereocenters. The van der Waals surface area contributed by atoms with E-state index in [1.54, 1.807) is 24.3 Å². The van der Waals surface area contributed by atoms with Crippen molar-refractivity contribution in [3.63, 3.8) is 0 Å². The lowest BCUT2D eigenvalue weighted by atomic mass is 9.99. The van der Waals surface area contributed by atoms with E-state index in [1.165, 1.54) is 18.5 Å². The topological polar surface area (TPSA) is 44.4 Å². The lowest BCUT2D eigenvalue weighted by Gasteiger charge is -2.33. The van der Waals surface area contributed by atoms with Crippen LogP contribution in [0.3, 0.4) is 0 Å². The summed E-state index contributed by atoms with van der Waals surface area (Å²) in [6.07, 6.45) is 2.57. The van der Waals surface area contributed by atoms with Crippen molar-refractivity contribution in [2.75, 3.05) is 23.3 Å². The highest BCUT2D eigenvalue weighted by Crippen LogP contribution is 2.24. The van der Waals surface area contributed by atoms with Crippen molar-refractivity contribution in [2.45, 2.75) is 32.7 Å². The summed E-state index contributed by atoms with van der Waals surface area (Å²) in [6, 6.07) is 15.3. The molecular formula is C21H26ClN3O. The minimum absolute atomic E-state index is 0.0726. The van der Waals surface area contributed by atoms with Gasteiger partial charge < -0.3 is 15.5 Å². The molecule has 138 valence electrons. The second kappa shape index (κ2) is 8.45. The fraction of sp³-hybridized carbons (Fsp3) is 0.381. The van der Waals surface area contributed by atoms with E-state index in [2.05, 4.69) is 46.7 Å². The number of carbonyl (C=O) groups is 1. The summed E-state index contributed by atoms with van der Waals surface area (Å²) < 4.78 is 0. The van der Waals surface area contributed by atoms with Crippen molar-refractivity contribution in [1.29, 1.82) is 0 Å². The predicted octanol–water partition coefficient (Wildman–Crippen LogP) is 5.46. The Bertz CT molecular complexity index is 730. The standard InChI is InChI=1S/C21H26ClN3O/c1-15-4-3-13-25(14-15)20-11-5-17(6-12-20)16(2)23-21(26)24-19-9-7-18(22)8-10-19/h5-12,15-16H,3-4,13-14H2,1-2H3,(H2,23,24,26)/t15-,16-/m0/s1. The number of amides is 2. The summed E-state index contributed by atoms with van der Waals surface area (Å²) in [7, 11) is 0. The quantitative estimate of drug-likeness (QED) is 0.749. The van der Waals surface area contributed by atoms with Gasteiger partial charge >= 0.3 is 6.03 Å². The number of halogens is 1. The molecule has 2 N–H and O–H groups in total. The fourth-order valence-corrected chi connectivity index (χ4v) is 3.50. The number of hydrogen-bond acceptors (Lipinski definition) is 2. The summed E-state index contributed by atoms with van der Waals surface area (Å²) in [5.74, 6) is 0.751. The van der Waals surface area contributed by atoms with Crippen LogP contribution in [0.4, 0.5) is 16.2 Å². The Morgan fingerprint density at radius 1 is 1.15 bits per heavy atom. The van der Waals surface area contributed by atoms with Gasteiger partial charge in [-0.15, -0.1) is 0 Å². The third-order valence-electron chi connectivity index (χ3n) is 4.86. The highest BCUT2D eigenvalue weighted by Gasteiger charge is 2.17. The summed E-state index contributed by atoms with van der Waals surface area (Å²) in [4.78, 5) is 14.6. The Morgan fingerprint density at radius 3 is 2.50 bits per heavy atom. The molecule has 4 nitrogen and oxygen atoms in total. The molecule has 0 aliphatic carbocycles. The fourth-order valence-electron chi connectivity index (χ4n) is 3.38. The minimum atomic E-state index is -0.228. The number of piperidine rings is 1. The number of nitrogens with zero attached hydrogens (tertiary/aromatic N) is 1. The normalized spacial score (nSPS) is 18.3. The van der Waals surface area contributed by atoms with Gasteiger partial charge in [-0.1, -0.05) is 30.7 Å². The van der Waals surface area contributed by atoms with Gasteiger partial charge in [-0.25, -0.2) is 4.79 Å². The average molecular weight is 372 g/mol. The lowest BCUT2D eigenvalue weighted by Crippen LogP contribution is -2.34. The third kappa shape index (κ3) is 4.92. The highest BCUT2D eigenvalue weighted by molar-refractivity contribution is 6.30. The maximum Gasteiger partial charge on any atom is 0.319 e. The summed E-state index contributed by atoms with van der Waals surface area (Å²) in [5.41, 5.74) is 3.07. The van der Waals surface area contributed by atoms with E-state index in [0.29, 0.717) is 10.7 Å². The number of carbonyl (C=O) groups excluding carboxylic acids is 1. The van der Waals surface area contributed by atoms with Crippen LogP contribution >= 0.6 is 11.6 Å². The van der Waals surface area contributed by atoms with E-state index >= 15 is 0 Å². The van der Waals surface area contributed by atoms with E-state index in [1.807, 2.05) is 6.92 Å². The van der Waals surface area contributed by atoms with Gasteiger partial charge in [0.25, 0.3) is 0 Å². The molecule has 0 radical (unpaired) electrons. The smallest absolute Gasteiger partial charge is 0.319 e. The molecule has 0 bridgehead atoms. The Balaban J connectivity index is 1.56. The van der Waals surface area contributed by atoms with Crippen LogP contribution in [-0.2, 0) is 0 Å². The molecule has 1 aliphatic heterocycles. The van der Waals surface area contributed by atoms with E-state index in [9.17, 15) is 4.79 Å². The van der Waals surface area contributed by atoms with Crippen molar-refractivity contribution >= 4 is 29.0 Å². The summed E-state index contributed by atoms with van der Waals surface area (Å²) in [6.45, 7) is 6.54. The van der Waals surface area contributed by atoms with Crippen LogP contribution < -0.4 is 15.5 Å². The molecule has 1 saturated heterocycles. The van der Waals surface area contributed by atoms with Gasteiger partial charge in [0.15, 0.2) is 0 Å². The SMILES string of the molecule is C[C@H]1CCCN(c2ccc([C@H](C)NC(=O)Nc3ccc(Cl)cc3)cc2)C1. The largest absolute Gasteiger partial charge is 0.371 e. The number of benzene rings is 2. The predicted molar refractivity (Wildman–Crippen MR) is 109 cm³/mol. The molecule has 2 aromatic carbocycles. The molecule has 0 saturated carbocycles. The zero-order valence-electron chi connectivity index (χ0n) is 15.3. The van der Waals surface area contributed by atoms with E-state index in [-0.39, 0.29) is 12.1 Å². The summed E-state index contributed by atoms with van der Waals surface area (Å²) >= 11 is 5.86. The van der Waals surface area contributed by atoms with Gasteiger partial charge in [-0.2, -0.15) is 0 Å². The highest BCUT2D eigenvalue weighted by atomic mass is 35.5. The number of urea groups is 1. The number of anilines is 2. The van der Waals surface area contributed by atoms with Gasteiger partial charge in [0.2, 0.25) is 0 Å². The molecule has 0 aromatic heterocycles. The second-order valence-electron chi connectivity index (χ2n) is 7.11. The molecule has 2 aromatic rings. The summed E-state index contributed by atoms with van der Waals surface area (Å²) in [5, 5.41) is 6.44. The van der Waals surface area contributed by atoms with Crippen LogP contribution in [0.25, 0.3) is 0 Å². The van der Waals surface area contributed by atoms with Crippen LogP contribution in [0.1, 0.15) is 38.3 Å². The average Bonchev–Trinajstić information content (AvgIpc) is 2.64. The molecular weight excluding hydrogens is 346 g/mol. The van der Waals surface area contributed by atoms with Crippen LogP contribution in [0.5, 0.6) is 0 Å². The van der Waals surface area contributed by atoms with Crippen molar-refractivity contribution in [3.05, 3.63) is 59.1 Å². The Hall–Kier alpha value is -2.20. The first kappa shape index (κ1) is 18.6. The molecule has 1 fully saturated rings.